The molecule has 2 heterocycles. The van der Waals surface area contributed by atoms with Crippen LogP contribution < -0.4 is 0 Å². The highest BCUT2D eigenvalue weighted by molar-refractivity contribution is 5.70. The van der Waals surface area contributed by atoms with E-state index >= 15 is 0 Å². The van der Waals surface area contributed by atoms with Crippen LogP contribution >= 0.6 is 0 Å². The van der Waals surface area contributed by atoms with Crippen molar-refractivity contribution in [1.29, 1.82) is 0 Å². The molecule has 0 spiro atoms. The molecule has 2 unspecified atom stereocenters. The number of carbonyl (C=O) groups excluding carboxylic acids is 1. The summed E-state index contributed by atoms with van der Waals surface area (Å²) in [7, 11) is 0. The van der Waals surface area contributed by atoms with Crippen molar-refractivity contribution in [2.75, 3.05) is 19.7 Å². The number of hydrogen-bond acceptors (Lipinski definition) is 3. The van der Waals surface area contributed by atoms with E-state index < -0.39 is 0 Å². The van der Waals surface area contributed by atoms with Gasteiger partial charge in [0.2, 0.25) is 0 Å². The van der Waals surface area contributed by atoms with Gasteiger partial charge in [-0.15, -0.1) is 0 Å². The lowest BCUT2D eigenvalue weighted by Crippen LogP contribution is -2.36. The van der Waals surface area contributed by atoms with Gasteiger partial charge < -0.3 is 14.4 Å². The molecule has 2 atom stereocenters. The second-order valence-corrected chi connectivity index (χ2v) is 6.93. The summed E-state index contributed by atoms with van der Waals surface area (Å²) in [4.78, 5) is 13.9. The summed E-state index contributed by atoms with van der Waals surface area (Å²) in [5, 5.41) is 0. The smallest absolute Gasteiger partial charge is 0.410 e. The van der Waals surface area contributed by atoms with Crippen LogP contribution in [0.5, 0.6) is 0 Å². The summed E-state index contributed by atoms with van der Waals surface area (Å²) in [5.41, 5.74) is 2.06. The monoisotopic (exact) mass is 325 g/mol. The number of amides is 1. The average molecular weight is 325 g/mol. The lowest BCUT2D eigenvalue weighted by Gasteiger charge is -2.25. The minimum Gasteiger partial charge on any atom is -0.439 e. The zero-order valence-corrected chi connectivity index (χ0v) is 13.9. The van der Waals surface area contributed by atoms with E-state index in [9.17, 15) is 4.79 Å². The molecule has 2 saturated heterocycles. The number of rotatable bonds is 3. The molecule has 0 N–H and O–H groups in total. The number of benzene rings is 1. The van der Waals surface area contributed by atoms with Crippen molar-refractivity contribution in [3.63, 3.8) is 0 Å². The third-order valence-electron chi connectivity index (χ3n) is 4.87. The molecule has 1 aliphatic carbocycles. The fourth-order valence-corrected chi connectivity index (χ4v) is 3.22. The molecule has 1 amide bonds. The quantitative estimate of drug-likeness (QED) is 0.798. The average Bonchev–Trinajstić information content (AvgIpc) is 3.38. The molecule has 3 aliphatic rings. The highest BCUT2D eigenvalue weighted by Gasteiger charge is 2.34. The van der Waals surface area contributed by atoms with E-state index in [4.69, 9.17) is 9.47 Å². The highest BCUT2D eigenvalue weighted by Crippen LogP contribution is 2.29. The van der Waals surface area contributed by atoms with Crippen LogP contribution in [0.3, 0.4) is 0 Å². The van der Waals surface area contributed by atoms with Crippen LogP contribution in [-0.4, -0.2) is 36.8 Å². The normalized spacial score (nSPS) is 26.7. The largest absolute Gasteiger partial charge is 0.439 e. The van der Waals surface area contributed by atoms with Crippen LogP contribution in [0.15, 0.2) is 24.3 Å². The van der Waals surface area contributed by atoms with Crippen LogP contribution in [-0.2, 0) is 9.47 Å². The van der Waals surface area contributed by atoms with Crippen molar-refractivity contribution in [2.24, 2.45) is 5.92 Å². The summed E-state index contributed by atoms with van der Waals surface area (Å²) in [6, 6.07) is 8.09. The number of hydrogen-bond donors (Lipinski definition) is 0. The number of carbonyl (C=O) groups is 1. The first-order valence-corrected chi connectivity index (χ1v) is 8.96. The van der Waals surface area contributed by atoms with Crippen molar-refractivity contribution in [3.05, 3.63) is 35.4 Å². The zero-order valence-electron chi connectivity index (χ0n) is 13.9. The Hall–Kier alpha value is -1.99. The molecular weight excluding hydrogens is 302 g/mol. The van der Waals surface area contributed by atoms with Crippen molar-refractivity contribution in [2.45, 2.75) is 44.3 Å². The van der Waals surface area contributed by atoms with Gasteiger partial charge in [0.05, 0.1) is 19.2 Å². The van der Waals surface area contributed by atoms with Crippen molar-refractivity contribution in [1.82, 2.24) is 4.90 Å². The van der Waals surface area contributed by atoms with Gasteiger partial charge in [-0.05, 0) is 49.8 Å². The van der Waals surface area contributed by atoms with Crippen molar-refractivity contribution >= 4 is 6.09 Å². The predicted octanol–water partition coefficient (Wildman–Crippen LogP) is 3.51. The van der Waals surface area contributed by atoms with Gasteiger partial charge in [-0.1, -0.05) is 24.0 Å². The lowest BCUT2D eigenvalue weighted by atomic mass is 10.1. The highest BCUT2D eigenvalue weighted by atomic mass is 16.6. The molecule has 0 aromatic heterocycles. The minimum atomic E-state index is -0.230. The van der Waals surface area contributed by atoms with Crippen LogP contribution in [0.1, 0.15) is 49.3 Å². The van der Waals surface area contributed by atoms with E-state index in [0.717, 1.165) is 30.6 Å². The van der Waals surface area contributed by atoms with Gasteiger partial charge in [-0.2, -0.15) is 0 Å². The molecule has 3 fully saturated rings. The van der Waals surface area contributed by atoms with Gasteiger partial charge in [-0.25, -0.2) is 4.79 Å². The first-order chi connectivity index (χ1) is 11.8. The minimum absolute atomic E-state index is 0.158. The molecule has 24 heavy (non-hydrogen) atoms. The molecular formula is C20H23NO3. The van der Waals surface area contributed by atoms with E-state index in [-0.39, 0.29) is 18.3 Å². The van der Waals surface area contributed by atoms with Crippen LogP contribution in [0, 0.1) is 17.8 Å². The first kappa shape index (κ1) is 15.5. The molecule has 4 nitrogen and oxygen atoms in total. The molecule has 2 aliphatic heterocycles. The summed E-state index contributed by atoms with van der Waals surface area (Å²) in [5.74, 6) is 7.08. The van der Waals surface area contributed by atoms with Gasteiger partial charge in [-0.3, -0.25) is 0 Å². The second kappa shape index (κ2) is 6.86. The van der Waals surface area contributed by atoms with Gasteiger partial charge in [0, 0.05) is 18.1 Å². The number of cyclic esters (lactones) is 1. The van der Waals surface area contributed by atoms with E-state index in [1.165, 1.54) is 19.3 Å². The Kier molecular flexibility index (Phi) is 4.44. The molecule has 1 saturated carbocycles. The van der Waals surface area contributed by atoms with E-state index in [2.05, 4.69) is 11.8 Å². The molecule has 1 aromatic rings. The molecule has 1 aromatic carbocycles. The fraction of sp³-hybridized carbons (Fsp3) is 0.550. The fourth-order valence-electron chi connectivity index (χ4n) is 3.22. The van der Waals surface area contributed by atoms with Gasteiger partial charge in [0.1, 0.15) is 6.10 Å². The maximum Gasteiger partial charge on any atom is 0.410 e. The summed E-state index contributed by atoms with van der Waals surface area (Å²) in [6.45, 7) is 2.05. The molecule has 0 bridgehead atoms. The summed E-state index contributed by atoms with van der Waals surface area (Å²) < 4.78 is 11.3. The van der Waals surface area contributed by atoms with E-state index in [1.807, 2.05) is 24.3 Å². The Morgan fingerprint density at radius 1 is 1.12 bits per heavy atom. The molecule has 126 valence electrons. The third kappa shape index (κ3) is 3.73. The van der Waals surface area contributed by atoms with Gasteiger partial charge >= 0.3 is 6.09 Å². The topological polar surface area (TPSA) is 38.8 Å². The first-order valence-electron chi connectivity index (χ1n) is 8.96. The molecule has 0 radical (unpaired) electrons. The zero-order chi connectivity index (χ0) is 16.4. The van der Waals surface area contributed by atoms with E-state index in [1.54, 1.807) is 4.90 Å². The SMILES string of the molecule is O=C1OC(c2ccc(C#CC3CC3)cc2)CN1CC1CCCCO1. The standard InChI is InChI=1S/C20H23NO3/c22-20-21(13-18-3-1-2-12-23-18)14-19(24-20)17-10-8-16(9-11-17)7-6-15-4-5-15/h8-11,15,18-19H,1-5,12-14H2. The maximum atomic E-state index is 12.1. The van der Waals surface area contributed by atoms with Crippen LogP contribution in [0.4, 0.5) is 4.79 Å². The summed E-state index contributed by atoms with van der Waals surface area (Å²) >= 11 is 0. The van der Waals surface area contributed by atoms with E-state index in [0.29, 0.717) is 19.0 Å². The molecule has 4 heteroatoms. The Morgan fingerprint density at radius 3 is 2.67 bits per heavy atom. The van der Waals surface area contributed by atoms with Gasteiger partial charge in [0.25, 0.3) is 0 Å². The maximum absolute atomic E-state index is 12.1. The Balaban J connectivity index is 1.36. The Bertz CT molecular complexity index is 648. The molecule has 4 rings (SSSR count). The third-order valence-corrected chi connectivity index (χ3v) is 4.87. The predicted molar refractivity (Wildman–Crippen MR) is 90.4 cm³/mol. The van der Waals surface area contributed by atoms with Gasteiger partial charge in [0.15, 0.2) is 0 Å². The van der Waals surface area contributed by atoms with Crippen LogP contribution in [0.2, 0.25) is 0 Å². The second-order valence-electron chi connectivity index (χ2n) is 6.93. The van der Waals surface area contributed by atoms with Crippen LogP contribution in [0.25, 0.3) is 0 Å². The number of nitrogens with zero attached hydrogens (tertiary/aromatic N) is 1. The Morgan fingerprint density at radius 2 is 1.96 bits per heavy atom. The Labute approximate surface area is 143 Å². The van der Waals surface area contributed by atoms with Crippen molar-refractivity contribution in [3.8, 4) is 11.8 Å². The number of ether oxygens (including phenoxy) is 2. The van der Waals surface area contributed by atoms with Crippen molar-refractivity contribution < 1.29 is 14.3 Å². The lowest BCUT2D eigenvalue weighted by molar-refractivity contribution is 0.00223. The summed E-state index contributed by atoms with van der Waals surface area (Å²) in [6.07, 6.45) is 5.55.